The van der Waals surface area contributed by atoms with E-state index in [0.29, 0.717) is 18.2 Å². The molecule has 2 rings (SSSR count). The van der Waals surface area contributed by atoms with Crippen LogP contribution < -0.4 is 4.74 Å². The lowest BCUT2D eigenvalue weighted by Crippen LogP contribution is -2.42. The zero-order valence-electron chi connectivity index (χ0n) is 15.1. The van der Waals surface area contributed by atoms with Gasteiger partial charge in [-0.2, -0.15) is 0 Å². The van der Waals surface area contributed by atoms with Crippen molar-refractivity contribution in [1.29, 1.82) is 0 Å². The third-order valence-corrected chi connectivity index (χ3v) is 4.88. The molecule has 0 radical (unpaired) electrons. The predicted molar refractivity (Wildman–Crippen MR) is 94.8 cm³/mol. The molecule has 0 spiro atoms. The van der Waals surface area contributed by atoms with Crippen LogP contribution in [0, 0.1) is 19.8 Å². The number of hydrogen-bond donors (Lipinski definition) is 0. The van der Waals surface area contributed by atoms with Gasteiger partial charge in [0.1, 0.15) is 11.9 Å². The number of aryl methyl sites for hydroxylation is 2. The lowest BCUT2D eigenvalue weighted by atomic mass is 10.00. The van der Waals surface area contributed by atoms with Crippen LogP contribution in [0.15, 0.2) is 18.2 Å². The maximum Gasteiger partial charge on any atom is 0.222 e. The number of benzene rings is 1. The van der Waals surface area contributed by atoms with E-state index in [2.05, 4.69) is 39.8 Å². The first-order valence-corrected chi connectivity index (χ1v) is 9.01. The molecule has 1 fully saturated rings. The number of carbonyl (C=O) groups excluding carboxylic acids is 1. The van der Waals surface area contributed by atoms with Crippen molar-refractivity contribution in [3.8, 4) is 5.75 Å². The van der Waals surface area contributed by atoms with Crippen molar-refractivity contribution >= 4 is 5.91 Å². The number of nitrogens with zero attached hydrogens (tertiary/aromatic N) is 1. The molecule has 1 aliphatic heterocycles. The van der Waals surface area contributed by atoms with Crippen LogP contribution in [0.4, 0.5) is 0 Å². The van der Waals surface area contributed by atoms with E-state index in [-0.39, 0.29) is 6.10 Å². The molecule has 1 aromatic carbocycles. The number of amides is 1. The molecule has 3 nitrogen and oxygen atoms in total. The molecule has 0 N–H and O–H groups in total. The summed E-state index contributed by atoms with van der Waals surface area (Å²) in [6.45, 7) is 10.2. The number of ether oxygens (including phenoxy) is 1. The van der Waals surface area contributed by atoms with Gasteiger partial charge < -0.3 is 9.64 Å². The van der Waals surface area contributed by atoms with Crippen molar-refractivity contribution in [1.82, 2.24) is 4.90 Å². The quantitative estimate of drug-likeness (QED) is 0.773. The Hall–Kier alpha value is -1.51. The van der Waals surface area contributed by atoms with Crippen LogP contribution in [0.5, 0.6) is 5.75 Å². The van der Waals surface area contributed by atoms with Gasteiger partial charge in [-0.1, -0.05) is 32.8 Å². The maximum atomic E-state index is 12.3. The minimum Gasteiger partial charge on any atom is -0.490 e. The van der Waals surface area contributed by atoms with Crippen LogP contribution in [0.2, 0.25) is 0 Å². The minimum absolute atomic E-state index is 0.231. The van der Waals surface area contributed by atoms with Crippen molar-refractivity contribution < 1.29 is 9.53 Å². The van der Waals surface area contributed by atoms with E-state index < -0.39 is 0 Å². The van der Waals surface area contributed by atoms with Crippen molar-refractivity contribution in [3.05, 3.63) is 29.3 Å². The fourth-order valence-electron chi connectivity index (χ4n) is 3.22. The van der Waals surface area contributed by atoms with Gasteiger partial charge in [-0.3, -0.25) is 4.79 Å². The first-order chi connectivity index (χ1) is 11.0. The third-order valence-electron chi connectivity index (χ3n) is 4.88. The molecule has 1 aliphatic rings. The van der Waals surface area contributed by atoms with Gasteiger partial charge >= 0.3 is 0 Å². The first-order valence-electron chi connectivity index (χ1n) is 9.01. The SMILES string of the molecule is CCCC(C)CC(=O)N1CCC(Oc2ccc(C)c(C)c2)CC1. The van der Waals surface area contributed by atoms with Gasteiger partial charge in [0.25, 0.3) is 0 Å². The van der Waals surface area contributed by atoms with Gasteiger partial charge in [-0.15, -0.1) is 0 Å². The molecule has 1 saturated heterocycles. The second-order valence-corrected chi connectivity index (χ2v) is 7.04. The van der Waals surface area contributed by atoms with E-state index >= 15 is 0 Å². The number of carbonyl (C=O) groups is 1. The lowest BCUT2D eigenvalue weighted by Gasteiger charge is -2.33. The number of hydrogen-bond acceptors (Lipinski definition) is 2. The molecule has 0 bridgehead atoms. The fraction of sp³-hybridized carbons (Fsp3) is 0.650. The topological polar surface area (TPSA) is 29.5 Å². The van der Waals surface area contributed by atoms with Gasteiger partial charge in [0.05, 0.1) is 0 Å². The van der Waals surface area contributed by atoms with Crippen molar-refractivity contribution in [2.45, 2.75) is 65.9 Å². The molecular formula is C20H31NO2. The monoisotopic (exact) mass is 317 g/mol. The third kappa shape index (κ3) is 5.26. The van der Waals surface area contributed by atoms with E-state index in [9.17, 15) is 4.79 Å². The molecule has 0 aliphatic carbocycles. The van der Waals surface area contributed by atoms with E-state index in [1.807, 2.05) is 11.0 Å². The summed E-state index contributed by atoms with van der Waals surface area (Å²) < 4.78 is 6.10. The van der Waals surface area contributed by atoms with Gasteiger partial charge in [0.15, 0.2) is 0 Å². The predicted octanol–water partition coefficient (Wildman–Crippen LogP) is 4.50. The Morgan fingerprint density at radius 3 is 2.57 bits per heavy atom. The van der Waals surface area contributed by atoms with E-state index in [1.165, 1.54) is 11.1 Å². The van der Waals surface area contributed by atoms with Gasteiger partial charge in [-0.25, -0.2) is 0 Å². The normalized spacial score (nSPS) is 17.1. The molecular weight excluding hydrogens is 286 g/mol. The Bertz CT molecular complexity index is 518. The zero-order valence-corrected chi connectivity index (χ0v) is 15.1. The molecule has 1 amide bonds. The average Bonchev–Trinajstić information content (AvgIpc) is 2.52. The molecule has 0 saturated carbocycles. The number of likely N-dealkylation sites (tertiary alicyclic amines) is 1. The van der Waals surface area contributed by atoms with Crippen molar-refractivity contribution in [2.75, 3.05) is 13.1 Å². The molecule has 23 heavy (non-hydrogen) atoms. The highest BCUT2D eigenvalue weighted by molar-refractivity contribution is 5.76. The molecule has 128 valence electrons. The summed E-state index contributed by atoms with van der Waals surface area (Å²) in [4.78, 5) is 14.3. The van der Waals surface area contributed by atoms with Crippen LogP contribution in [-0.4, -0.2) is 30.0 Å². The highest BCUT2D eigenvalue weighted by Crippen LogP contribution is 2.22. The van der Waals surface area contributed by atoms with Crippen LogP contribution in [0.3, 0.4) is 0 Å². The average molecular weight is 317 g/mol. The number of rotatable bonds is 6. The summed E-state index contributed by atoms with van der Waals surface area (Å²) in [5.74, 6) is 1.77. The Labute approximate surface area is 141 Å². The summed E-state index contributed by atoms with van der Waals surface area (Å²) >= 11 is 0. The molecule has 3 heteroatoms. The minimum atomic E-state index is 0.231. The second-order valence-electron chi connectivity index (χ2n) is 7.04. The smallest absolute Gasteiger partial charge is 0.222 e. The molecule has 1 heterocycles. The van der Waals surface area contributed by atoms with Gasteiger partial charge in [0, 0.05) is 32.4 Å². The first kappa shape index (κ1) is 17.8. The standard InChI is InChI=1S/C20H31NO2/c1-5-6-15(2)13-20(22)21-11-9-18(10-12-21)23-19-8-7-16(3)17(4)14-19/h7-8,14-15,18H,5-6,9-13H2,1-4H3. The van der Waals surface area contributed by atoms with Crippen LogP contribution in [0.25, 0.3) is 0 Å². The summed E-state index contributed by atoms with van der Waals surface area (Å²) in [6, 6.07) is 6.27. The Balaban J connectivity index is 1.79. The maximum absolute atomic E-state index is 12.3. The fourth-order valence-corrected chi connectivity index (χ4v) is 3.22. The largest absolute Gasteiger partial charge is 0.490 e. The van der Waals surface area contributed by atoms with E-state index in [4.69, 9.17) is 4.74 Å². The highest BCUT2D eigenvalue weighted by Gasteiger charge is 2.24. The van der Waals surface area contributed by atoms with Crippen LogP contribution >= 0.6 is 0 Å². The molecule has 1 unspecified atom stereocenters. The summed E-state index contributed by atoms with van der Waals surface area (Å²) in [5.41, 5.74) is 2.55. The number of piperidine rings is 1. The Kier molecular flexibility index (Phi) is 6.49. The van der Waals surface area contributed by atoms with Crippen molar-refractivity contribution in [3.63, 3.8) is 0 Å². The van der Waals surface area contributed by atoms with E-state index in [1.54, 1.807) is 0 Å². The molecule has 1 atom stereocenters. The van der Waals surface area contributed by atoms with Crippen LogP contribution in [0.1, 0.15) is 57.1 Å². The summed E-state index contributed by atoms with van der Waals surface area (Å²) in [5, 5.41) is 0. The second kappa shape index (κ2) is 8.37. The van der Waals surface area contributed by atoms with Crippen LogP contribution in [-0.2, 0) is 4.79 Å². The molecule has 1 aromatic rings. The van der Waals surface area contributed by atoms with E-state index in [0.717, 1.165) is 44.5 Å². The van der Waals surface area contributed by atoms with Gasteiger partial charge in [-0.05, 0) is 43.0 Å². The van der Waals surface area contributed by atoms with Gasteiger partial charge in [0.2, 0.25) is 5.91 Å². The summed E-state index contributed by atoms with van der Waals surface area (Å²) in [7, 11) is 0. The molecule has 0 aromatic heterocycles. The Morgan fingerprint density at radius 2 is 1.96 bits per heavy atom. The van der Waals surface area contributed by atoms with Crippen molar-refractivity contribution in [2.24, 2.45) is 5.92 Å². The zero-order chi connectivity index (χ0) is 16.8. The lowest BCUT2D eigenvalue weighted by molar-refractivity contribution is -0.133. The highest BCUT2D eigenvalue weighted by atomic mass is 16.5. The summed E-state index contributed by atoms with van der Waals surface area (Å²) in [6.07, 6.45) is 5.07. The Morgan fingerprint density at radius 1 is 1.26 bits per heavy atom.